The minimum Gasteiger partial charge on any atom is -0.466 e. The Bertz CT molecular complexity index is 258. The van der Waals surface area contributed by atoms with Crippen LogP contribution in [-0.4, -0.2) is 38.5 Å². The van der Waals surface area contributed by atoms with Crippen molar-refractivity contribution in [1.82, 2.24) is 0 Å². The van der Waals surface area contributed by atoms with Crippen molar-refractivity contribution >= 4 is 5.97 Å². The number of hydrogen-bond acceptors (Lipinski definition) is 4. The van der Waals surface area contributed by atoms with Crippen LogP contribution in [0.4, 0.5) is 0 Å². The Kier molecular flexibility index (Phi) is 2.09. The van der Waals surface area contributed by atoms with E-state index in [0.717, 1.165) is 0 Å². The first-order valence-corrected chi connectivity index (χ1v) is 4.23. The molecular weight excluding hydrogens is 172 g/mol. The summed E-state index contributed by atoms with van der Waals surface area (Å²) in [5, 5.41) is 0. The predicted octanol–water partition coefficient (Wildman–Crippen LogP) is 0.272. The largest absolute Gasteiger partial charge is 0.466 e. The Morgan fingerprint density at radius 3 is 3.00 bits per heavy atom. The maximum atomic E-state index is 11.2. The Morgan fingerprint density at radius 2 is 2.38 bits per heavy atom. The van der Waals surface area contributed by atoms with Gasteiger partial charge < -0.3 is 14.2 Å². The summed E-state index contributed by atoms with van der Waals surface area (Å²) >= 11 is 0. The molecule has 3 atom stereocenters. The second kappa shape index (κ2) is 3.12. The molecule has 72 valence electrons. The molecule has 0 aromatic carbocycles. The van der Waals surface area contributed by atoms with E-state index in [2.05, 4.69) is 4.74 Å². The van der Waals surface area contributed by atoms with Gasteiger partial charge in [0.25, 0.3) is 0 Å². The van der Waals surface area contributed by atoms with E-state index in [9.17, 15) is 4.79 Å². The highest BCUT2D eigenvalue weighted by molar-refractivity contribution is 5.89. The predicted molar refractivity (Wildman–Crippen MR) is 44.2 cm³/mol. The van der Waals surface area contributed by atoms with Crippen LogP contribution >= 0.6 is 0 Å². The van der Waals surface area contributed by atoms with Crippen LogP contribution in [-0.2, 0) is 19.0 Å². The number of hydrogen-bond donors (Lipinski definition) is 0. The highest BCUT2D eigenvalue weighted by Crippen LogP contribution is 2.37. The zero-order chi connectivity index (χ0) is 9.42. The van der Waals surface area contributed by atoms with Crippen LogP contribution in [0.15, 0.2) is 11.6 Å². The van der Waals surface area contributed by atoms with E-state index in [1.807, 2.05) is 0 Å². The van der Waals surface area contributed by atoms with Crippen LogP contribution in [0.1, 0.15) is 6.42 Å². The van der Waals surface area contributed by atoms with Gasteiger partial charge in [-0.25, -0.2) is 4.79 Å². The smallest absolute Gasteiger partial charge is 0.333 e. The number of methoxy groups -OCH3 is 2. The fourth-order valence-electron chi connectivity index (χ4n) is 1.67. The number of fused-ring (bicyclic) bond motifs is 1. The van der Waals surface area contributed by atoms with Gasteiger partial charge in [0.15, 0.2) is 0 Å². The van der Waals surface area contributed by atoms with Crippen molar-refractivity contribution in [2.75, 3.05) is 14.2 Å². The van der Waals surface area contributed by atoms with E-state index in [4.69, 9.17) is 9.47 Å². The van der Waals surface area contributed by atoms with Gasteiger partial charge in [-0.05, 0) is 6.08 Å². The molecule has 0 N–H and O–H groups in total. The van der Waals surface area contributed by atoms with Crippen molar-refractivity contribution in [2.24, 2.45) is 0 Å². The van der Waals surface area contributed by atoms with E-state index < -0.39 is 0 Å². The van der Waals surface area contributed by atoms with Gasteiger partial charge in [-0.2, -0.15) is 0 Å². The second-order valence-corrected chi connectivity index (χ2v) is 3.23. The molecule has 0 radical (unpaired) electrons. The summed E-state index contributed by atoms with van der Waals surface area (Å²) in [6.07, 6.45) is 2.66. The molecule has 1 fully saturated rings. The number of ether oxygens (including phenoxy) is 3. The van der Waals surface area contributed by atoms with E-state index in [-0.39, 0.29) is 24.3 Å². The van der Waals surface area contributed by atoms with Gasteiger partial charge in [0.2, 0.25) is 0 Å². The third-order valence-electron chi connectivity index (χ3n) is 2.45. The highest BCUT2D eigenvalue weighted by Gasteiger charge is 2.48. The van der Waals surface area contributed by atoms with Gasteiger partial charge in [-0.1, -0.05) is 0 Å². The summed E-state index contributed by atoms with van der Waals surface area (Å²) in [7, 11) is 2.99. The van der Waals surface area contributed by atoms with Crippen molar-refractivity contribution in [1.29, 1.82) is 0 Å². The van der Waals surface area contributed by atoms with E-state index in [0.29, 0.717) is 12.0 Å². The lowest BCUT2D eigenvalue weighted by Crippen LogP contribution is -2.24. The number of epoxide rings is 1. The minimum atomic E-state index is -0.281. The Balaban J connectivity index is 2.11. The Labute approximate surface area is 76.5 Å². The molecule has 1 aliphatic heterocycles. The quantitative estimate of drug-likeness (QED) is 0.456. The third-order valence-corrected chi connectivity index (χ3v) is 2.45. The summed E-state index contributed by atoms with van der Waals surface area (Å²) in [4.78, 5) is 11.2. The van der Waals surface area contributed by atoms with Crippen LogP contribution in [0, 0.1) is 0 Å². The summed E-state index contributed by atoms with van der Waals surface area (Å²) in [5.74, 6) is -0.281. The lowest BCUT2D eigenvalue weighted by atomic mass is 9.97. The molecule has 3 unspecified atom stereocenters. The topological polar surface area (TPSA) is 48.1 Å². The van der Waals surface area contributed by atoms with Crippen molar-refractivity contribution in [3.05, 3.63) is 11.6 Å². The van der Waals surface area contributed by atoms with Gasteiger partial charge in [0, 0.05) is 19.1 Å². The molecule has 1 aliphatic carbocycles. The maximum absolute atomic E-state index is 11.2. The molecule has 0 aromatic rings. The van der Waals surface area contributed by atoms with Crippen LogP contribution in [0.3, 0.4) is 0 Å². The molecule has 0 amide bonds. The monoisotopic (exact) mass is 184 g/mol. The lowest BCUT2D eigenvalue weighted by Gasteiger charge is -2.14. The molecule has 0 saturated carbocycles. The van der Waals surface area contributed by atoms with Gasteiger partial charge in [-0.15, -0.1) is 0 Å². The Morgan fingerprint density at radius 1 is 1.62 bits per heavy atom. The molecule has 4 heteroatoms. The van der Waals surface area contributed by atoms with Crippen LogP contribution in [0.5, 0.6) is 0 Å². The molecular formula is C9H12O4. The molecule has 4 nitrogen and oxygen atoms in total. The zero-order valence-corrected chi connectivity index (χ0v) is 7.65. The second-order valence-electron chi connectivity index (χ2n) is 3.23. The molecule has 1 saturated heterocycles. The van der Waals surface area contributed by atoms with E-state index in [1.54, 1.807) is 13.2 Å². The molecule has 13 heavy (non-hydrogen) atoms. The van der Waals surface area contributed by atoms with E-state index in [1.165, 1.54) is 7.11 Å². The molecule has 0 aromatic heterocycles. The highest BCUT2D eigenvalue weighted by atomic mass is 16.6. The molecule has 2 aliphatic rings. The van der Waals surface area contributed by atoms with Gasteiger partial charge in [-0.3, -0.25) is 0 Å². The summed E-state index contributed by atoms with van der Waals surface area (Å²) in [6, 6.07) is 0. The number of rotatable bonds is 2. The first-order chi connectivity index (χ1) is 6.26. The molecule has 1 heterocycles. The molecule has 0 bridgehead atoms. The summed E-state index contributed by atoms with van der Waals surface area (Å²) < 4.78 is 15.1. The zero-order valence-electron chi connectivity index (χ0n) is 7.65. The van der Waals surface area contributed by atoms with Gasteiger partial charge in [0.05, 0.1) is 13.2 Å². The standard InChI is InChI=1S/C9H12O4/c1-11-6-3-5(9(10)12-2)4-7-8(6)13-7/h3,6-8H,4H2,1-2H3. The first kappa shape index (κ1) is 8.72. The summed E-state index contributed by atoms with van der Waals surface area (Å²) in [6.45, 7) is 0. The van der Waals surface area contributed by atoms with E-state index >= 15 is 0 Å². The Hall–Kier alpha value is -0.870. The van der Waals surface area contributed by atoms with Crippen LogP contribution < -0.4 is 0 Å². The van der Waals surface area contributed by atoms with Crippen molar-refractivity contribution in [2.45, 2.75) is 24.7 Å². The van der Waals surface area contributed by atoms with Crippen molar-refractivity contribution in [3.63, 3.8) is 0 Å². The van der Waals surface area contributed by atoms with Crippen LogP contribution in [0.2, 0.25) is 0 Å². The van der Waals surface area contributed by atoms with Gasteiger partial charge >= 0.3 is 5.97 Å². The summed E-state index contributed by atoms with van der Waals surface area (Å²) in [5.41, 5.74) is 0.660. The number of esters is 1. The normalized spacial score (nSPS) is 36.2. The third kappa shape index (κ3) is 1.47. The van der Waals surface area contributed by atoms with Crippen molar-refractivity contribution < 1.29 is 19.0 Å². The molecule has 2 rings (SSSR count). The number of carbonyl (C=O) groups excluding carboxylic acids is 1. The van der Waals surface area contributed by atoms with Gasteiger partial charge in [0.1, 0.15) is 12.2 Å². The fourth-order valence-corrected chi connectivity index (χ4v) is 1.67. The molecule has 0 spiro atoms. The fraction of sp³-hybridized carbons (Fsp3) is 0.667. The SMILES string of the molecule is COC(=O)C1=CC(OC)C2OC2C1. The lowest BCUT2D eigenvalue weighted by molar-refractivity contribution is -0.136. The van der Waals surface area contributed by atoms with Crippen molar-refractivity contribution in [3.8, 4) is 0 Å². The minimum absolute atomic E-state index is 0.0900. The van der Waals surface area contributed by atoms with Crippen LogP contribution in [0.25, 0.3) is 0 Å². The first-order valence-electron chi connectivity index (χ1n) is 4.23. The maximum Gasteiger partial charge on any atom is 0.333 e. The average molecular weight is 184 g/mol. The number of carbonyl (C=O) groups is 1. The average Bonchev–Trinajstić information content (AvgIpc) is 2.93.